The van der Waals surface area contributed by atoms with Crippen molar-refractivity contribution in [2.75, 3.05) is 23.7 Å². The lowest BCUT2D eigenvalue weighted by Gasteiger charge is -2.38. The number of nitrogens with zero attached hydrogens (tertiary/aromatic N) is 3. The van der Waals surface area contributed by atoms with Crippen LogP contribution in [0.25, 0.3) is 0 Å². The van der Waals surface area contributed by atoms with Crippen LogP contribution in [0.4, 0.5) is 11.5 Å². The minimum Gasteiger partial charge on any atom is -0.368 e. The summed E-state index contributed by atoms with van der Waals surface area (Å²) in [5.74, 6) is 1.84. The minimum atomic E-state index is -0.372. The van der Waals surface area contributed by atoms with E-state index < -0.39 is 0 Å². The molecule has 0 bridgehead atoms. The Kier molecular flexibility index (Phi) is 4.26. The molecule has 2 aliphatic heterocycles. The van der Waals surface area contributed by atoms with Crippen molar-refractivity contribution in [3.63, 3.8) is 0 Å². The van der Waals surface area contributed by atoms with E-state index in [9.17, 15) is 4.79 Å². The van der Waals surface area contributed by atoms with Crippen molar-refractivity contribution in [3.05, 3.63) is 54.2 Å². The van der Waals surface area contributed by atoms with Crippen molar-refractivity contribution < 1.29 is 4.79 Å². The molecule has 1 saturated carbocycles. The number of aliphatic imine (C=N–C) groups is 1. The molecule has 2 fully saturated rings. The molecule has 1 saturated heterocycles. The maximum atomic E-state index is 13.0. The number of amides is 1. The Morgan fingerprint density at radius 2 is 1.96 bits per heavy atom. The van der Waals surface area contributed by atoms with Gasteiger partial charge in [0.25, 0.3) is 5.91 Å². The minimum absolute atomic E-state index is 0.0801. The second-order valence-corrected chi connectivity index (χ2v) is 7.99. The van der Waals surface area contributed by atoms with Crippen LogP contribution >= 0.6 is 0 Å². The lowest BCUT2D eigenvalue weighted by Crippen LogP contribution is -2.55. The molecular formula is C22H25N5O. The number of hydrogen-bond donors (Lipinski definition) is 2. The number of likely N-dealkylation sites (tertiary alicyclic amines) is 1. The van der Waals surface area contributed by atoms with Crippen LogP contribution in [0.1, 0.15) is 42.5 Å². The molecule has 6 nitrogen and oxygen atoms in total. The summed E-state index contributed by atoms with van der Waals surface area (Å²) in [6, 6.07) is 13.9. The fourth-order valence-electron chi connectivity index (χ4n) is 4.57. The smallest absolute Gasteiger partial charge is 0.253 e. The predicted molar refractivity (Wildman–Crippen MR) is 111 cm³/mol. The second-order valence-electron chi connectivity index (χ2n) is 7.99. The van der Waals surface area contributed by atoms with E-state index in [0.717, 1.165) is 42.2 Å². The summed E-state index contributed by atoms with van der Waals surface area (Å²) in [6.45, 7) is 1.31. The average Bonchev–Trinajstić information content (AvgIpc) is 3.39. The van der Waals surface area contributed by atoms with Gasteiger partial charge in [-0.1, -0.05) is 31.0 Å². The van der Waals surface area contributed by atoms with E-state index in [0.29, 0.717) is 19.1 Å². The zero-order valence-corrected chi connectivity index (χ0v) is 15.9. The highest BCUT2D eigenvalue weighted by Gasteiger charge is 2.47. The first-order valence-electron chi connectivity index (χ1n) is 10.2. The number of carbonyl (C=O) groups is 1. The number of carbonyl (C=O) groups excluding carboxylic acids is 1. The number of benzene rings is 1. The summed E-state index contributed by atoms with van der Waals surface area (Å²) in [4.78, 5) is 24.5. The molecule has 0 radical (unpaired) electrons. The van der Waals surface area contributed by atoms with Gasteiger partial charge in [-0.25, -0.2) is 4.98 Å². The van der Waals surface area contributed by atoms with Crippen LogP contribution in [0.2, 0.25) is 0 Å². The van der Waals surface area contributed by atoms with E-state index in [-0.39, 0.29) is 11.4 Å². The van der Waals surface area contributed by atoms with Crippen LogP contribution in [0, 0.1) is 0 Å². The van der Waals surface area contributed by atoms with Crippen LogP contribution in [-0.2, 0) is 0 Å². The molecule has 6 heteroatoms. The Bertz CT molecular complexity index is 906. The molecule has 28 heavy (non-hydrogen) atoms. The fourth-order valence-corrected chi connectivity index (χ4v) is 4.57. The Morgan fingerprint density at radius 1 is 1.14 bits per heavy atom. The molecule has 1 atom stereocenters. The van der Waals surface area contributed by atoms with Crippen molar-refractivity contribution in [2.24, 2.45) is 4.99 Å². The highest BCUT2D eigenvalue weighted by molar-refractivity contribution is 6.09. The fraction of sp³-hybridized carbons (Fsp3) is 0.409. The van der Waals surface area contributed by atoms with Gasteiger partial charge in [-0.05, 0) is 43.5 Å². The van der Waals surface area contributed by atoms with Crippen molar-refractivity contribution in [1.82, 2.24) is 9.88 Å². The number of aromatic nitrogens is 1. The Labute approximate surface area is 165 Å². The Hall–Kier alpha value is -2.89. The molecule has 3 heterocycles. The quantitative estimate of drug-likeness (QED) is 0.842. The van der Waals surface area contributed by atoms with E-state index in [1.807, 2.05) is 47.4 Å². The molecule has 1 aromatic carbocycles. The van der Waals surface area contributed by atoms with Gasteiger partial charge in [0, 0.05) is 18.3 Å². The highest BCUT2D eigenvalue weighted by atomic mass is 16.2. The first kappa shape index (κ1) is 17.2. The molecule has 5 rings (SSSR count). The maximum Gasteiger partial charge on any atom is 0.253 e. The normalized spacial score (nSPS) is 25.6. The zero-order chi connectivity index (χ0) is 19.0. The van der Waals surface area contributed by atoms with Crippen LogP contribution in [0.15, 0.2) is 53.7 Å². The number of hydrogen-bond acceptors (Lipinski definition) is 4. The molecule has 0 unspecified atom stereocenters. The molecular weight excluding hydrogens is 350 g/mol. The van der Waals surface area contributed by atoms with E-state index in [1.165, 1.54) is 12.8 Å². The van der Waals surface area contributed by atoms with Crippen molar-refractivity contribution in [3.8, 4) is 0 Å². The largest absolute Gasteiger partial charge is 0.368 e. The monoisotopic (exact) mass is 375 g/mol. The Morgan fingerprint density at radius 3 is 2.79 bits per heavy atom. The topological polar surface area (TPSA) is 69.6 Å². The second kappa shape index (κ2) is 6.93. The highest BCUT2D eigenvalue weighted by Crippen LogP contribution is 2.36. The Balaban J connectivity index is 1.46. The van der Waals surface area contributed by atoms with Gasteiger partial charge in [-0.3, -0.25) is 9.79 Å². The molecule has 1 aromatic heterocycles. The van der Waals surface area contributed by atoms with E-state index in [4.69, 9.17) is 4.99 Å². The van der Waals surface area contributed by atoms with Gasteiger partial charge in [-0.15, -0.1) is 0 Å². The van der Waals surface area contributed by atoms with Gasteiger partial charge in [0.05, 0.1) is 18.3 Å². The van der Waals surface area contributed by atoms with Crippen molar-refractivity contribution in [1.29, 1.82) is 0 Å². The lowest BCUT2D eigenvalue weighted by molar-refractivity contribution is 0.0789. The van der Waals surface area contributed by atoms with Crippen LogP contribution < -0.4 is 10.6 Å². The molecule has 1 aliphatic carbocycles. The van der Waals surface area contributed by atoms with Crippen LogP contribution in [0.5, 0.6) is 0 Å². The van der Waals surface area contributed by atoms with Gasteiger partial charge in [0.1, 0.15) is 11.4 Å². The third kappa shape index (κ3) is 3.03. The number of rotatable bonds is 2. The van der Waals surface area contributed by atoms with E-state index in [1.54, 1.807) is 6.20 Å². The van der Waals surface area contributed by atoms with Crippen molar-refractivity contribution in [2.45, 2.75) is 43.7 Å². The summed E-state index contributed by atoms with van der Waals surface area (Å²) < 4.78 is 0. The third-order valence-corrected chi connectivity index (χ3v) is 6.09. The van der Waals surface area contributed by atoms with Gasteiger partial charge < -0.3 is 15.5 Å². The SMILES string of the molecule is O=C(c1ccccc1)N1CC[C@]2(C1)Nc1cccnc1NC2=NC1CCCC1. The van der Waals surface area contributed by atoms with Gasteiger partial charge in [0.15, 0.2) is 5.82 Å². The summed E-state index contributed by atoms with van der Waals surface area (Å²) >= 11 is 0. The first-order valence-corrected chi connectivity index (χ1v) is 10.2. The van der Waals surface area contributed by atoms with Crippen LogP contribution in [-0.4, -0.2) is 46.3 Å². The predicted octanol–water partition coefficient (Wildman–Crippen LogP) is 3.55. The number of pyridine rings is 1. The van der Waals surface area contributed by atoms with E-state index >= 15 is 0 Å². The first-order chi connectivity index (χ1) is 13.7. The van der Waals surface area contributed by atoms with E-state index in [2.05, 4.69) is 15.6 Å². The molecule has 2 aromatic rings. The number of nitrogens with one attached hydrogen (secondary N) is 2. The number of fused-ring (bicyclic) bond motifs is 1. The number of amidine groups is 1. The van der Waals surface area contributed by atoms with Crippen molar-refractivity contribution >= 4 is 23.2 Å². The molecule has 1 amide bonds. The summed E-state index contributed by atoms with van der Waals surface area (Å²) in [5, 5.41) is 7.18. The summed E-state index contributed by atoms with van der Waals surface area (Å²) in [6.07, 6.45) is 7.40. The molecule has 144 valence electrons. The molecule has 1 spiro atoms. The zero-order valence-electron chi connectivity index (χ0n) is 15.9. The molecule has 2 N–H and O–H groups in total. The number of anilines is 2. The van der Waals surface area contributed by atoms with Crippen LogP contribution in [0.3, 0.4) is 0 Å². The summed E-state index contributed by atoms with van der Waals surface area (Å²) in [5.41, 5.74) is 1.34. The van der Waals surface area contributed by atoms with Gasteiger partial charge in [-0.2, -0.15) is 0 Å². The standard InChI is InChI=1S/C22H25N5O/c28-20(16-7-2-1-3-8-16)27-14-12-22(15-27)21(24-17-9-4-5-10-17)25-19-18(26-22)11-6-13-23-19/h1-3,6-8,11,13,17,26H,4-5,9-10,12,14-15H2,(H,23,24,25)/t22-/m1/s1. The maximum absolute atomic E-state index is 13.0. The lowest BCUT2D eigenvalue weighted by atomic mass is 9.93. The summed E-state index contributed by atoms with van der Waals surface area (Å²) in [7, 11) is 0. The molecule has 3 aliphatic rings. The average molecular weight is 375 g/mol. The van der Waals surface area contributed by atoms with Gasteiger partial charge >= 0.3 is 0 Å². The van der Waals surface area contributed by atoms with Gasteiger partial charge in [0.2, 0.25) is 0 Å². The third-order valence-electron chi connectivity index (χ3n) is 6.09.